The number of aromatic amines is 1. The van der Waals surface area contributed by atoms with E-state index in [4.69, 9.17) is 4.74 Å². The highest BCUT2D eigenvalue weighted by atomic mass is 16.5. The molecular weight excluding hydrogens is 440 g/mol. The smallest absolute Gasteiger partial charge is 0.252 e. The second-order valence-electron chi connectivity index (χ2n) is 10.7. The molecule has 0 spiro atoms. The van der Waals surface area contributed by atoms with Gasteiger partial charge < -0.3 is 9.72 Å². The molecule has 2 fully saturated rings. The number of hydrogen-bond donors (Lipinski definition) is 1. The predicted octanol–water partition coefficient (Wildman–Crippen LogP) is 4.71. The summed E-state index contributed by atoms with van der Waals surface area (Å²) in [4.78, 5) is 18.7. The van der Waals surface area contributed by atoms with Crippen LogP contribution >= 0.6 is 0 Å². The van der Waals surface area contributed by atoms with Crippen LogP contribution in [-0.4, -0.2) is 49.3 Å². The zero-order chi connectivity index (χ0) is 24.4. The molecule has 3 heterocycles. The fraction of sp³-hybridized carbons (Fsp3) is 0.630. The first-order valence-corrected chi connectivity index (χ1v) is 13.3. The van der Waals surface area contributed by atoms with Gasteiger partial charge in [0, 0.05) is 25.3 Å². The summed E-state index contributed by atoms with van der Waals surface area (Å²) >= 11 is 0. The number of para-hydroxylation sites is 1. The van der Waals surface area contributed by atoms with Gasteiger partial charge >= 0.3 is 0 Å². The number of benzene rings is 1. The van der Waals surface area contributed by atoms with Crippen LogP contribution in [0.3, 0.4) is 0 Å². The van der Waals surface area contributed by atoms with Gasteiger partial charge in [-0.3, -0.25) is 9.69 Å². The van der Waals surface area contributed by atoms with Crippen molar-refractivity contribution in [2.75, 3.05) is 13.2 Å². The van der Waals surface area contributed by atoms with Gasteiger partial charge in [-0.1, -0.05) is 51.3 Å². The summed E-state index contributed by atoms with van der Waals surface area (Å²) in [6.45, 7) is 8.56. The Balaban J connectivity index is 1.52. The Morgan fingerprint density at radius 2 is 2.00 bits per heavy atom. The first-order chi connectivity index (χ1) is 17.0. The standard InChI is InChI=1S/C27H38N6O2/c1-18(2)25(26-29-30-31-33(26)22-11-5-4-6-12-22)32(17-23-13-8-14-35-23)16-21-15-20-10-7-9-19(3)24(20)28-27(21)34/h7,9-10,15,18,22-23,25H,4-6,8,11-14,16-17H2,1-3H3,(H,28,34). The van der Waals surface area contributed by atoms with Gasteiger partial charge in [0.05, 0.1) is 23.7 Å². The summed E-state index contributed by atoms with van der Waals surface area (Å²) in [7, 11) is 0. The monoisotopic (exact) mass is 478 g/mol. The number of rotatable bonds is 8. The van der Waals surface area contributed by atoms with E-state index < -0.39 is 0 Å². The number of ether oxygens (including phenoxy) is 1. The van der Waals surface area contributed by atoms with Gasteiger partial charge in [0.1, 0.15) is 0 Å². The number of aromatic nitrogens is 5. The Morgan fingerprint density at radius 3 is 2.74 bits per heavy atom. The van der Waals surface area contributed by atoms with E-state index in [0.717, 1.165) is 66.7 Å². The average Bonchev–Trinajstić information content (AvgIpc) is 3.53. The van der Waals surface area contributed by atoms with E-state index in [1.165, 1.54) is 19.3 Å². The SMILES string of the molecule is Cc1cccc2cc(CN(CC3CCCO3)C(c3nnnn3C3CCCCC3)C(C)C)c(=O)[nH]c12. The van der Waals surface area contributed by atoms with Crippen molar-refractivity contribution in [3.8, 4) is 0 Å². The number of aryl methyl sites for hydroxylation is 1. The second-order valence-corrected chi connectivity index (χ2v) is 10.7. The minimum absolute atomic E-state index is 0.0104. The van der Waals surface area contributed by atoms with Crippen molar-refractivity contribution >= 4 is 10.9 Å². The molecule has 1 saturated heterocycles. The lowest BCUT2D eigenvalue weighted by atomic mass is 9.94. The number of H-pyrrole nitrogens is 1. The van der Waals surface area contributed by atoms with Crippen LogP contribution in [0.15, 0.2) is 29.1 Å². The van der Waals surface area contributed by atoms with Gasteiger partial charge in [0.15, 0.2) is 5.82 Å². The molecule has 2 aliphatic rings. The number of hydrogen-bond acceptors (Lipinski definition) is 6. The maximum absolute atomic E-state index is 13.2. The van der Waals surface area contributed by atoms with Gasteiger partial charge in [0.2, 0.25) is 0 Å². The molecule has 5 rings (SSSR count). The summed E-state index contributed by atoms with van der Waals surface area (Å²) in [5.41, 5.74) is 2.73. The molecular formula is C27H38N6O2. The number of nitrogens with zero attached hydrogens (tertiary/aromatic N) is 5. The third-order valence-electron chi connectivity index (χ3n) is 7.73. The van der Waals surface area contributed by atoms with Crippen molar-refractivity contribution in [1.29, 1.82) is 0 Å². The predicted molar refractivity (Wildman–Crippen MR) is 136 cm³/mol. The molecule has 188 valence electrons. The Morgan fingerprint density at radius 1 is 1.17 bits per heavy atom. The van der Waals surface area contributed by atoms with E-state index in [1.54, 1.807) is 0 Å². The molecule has 1 aliphatic heterocycles. The molecule has 0 amide bonds. The van der Waals surface area contributed by atoms with Crippen molar-refractivity contribution in [1.82, 2.24) is 30.1 Å². The Bertz CT molecular complexity index is 1190. The van der Waals surface area contributed by atoms with E-state index in [2.05, 4.69) is 50.0 Å². The maximum atomic E-state index is 13.2. The summed E-state index contributed by atoms with van der Waals surface area (Å²) in [5, 5.41) is 14.2. The summed E-state index contributed by atoms with van der Waals surface area (Å²) in [6.07, 6.45) is 8.27. The molecule has 2 unspecified atom stereocenters. The van der Waals surface area contributed by atoms with Crippen LogP contribution in [0.5, 0.6) is 0 Å². The number of nitrogens with one attached hydrogen (secondary N) is 1. The van der Waals surface area contributed by atoms with Crippen LogP contribution in [-0.2, 0) is 11.3 Å². The summed E-state index contributed by atoms with van der Waals surface area (Å²) in [6, 6.07) is 8.53. The molecule has 0 bridgehead atoms. The first-order valence-electron chi connectivity index (χ1n) is 13.3. The van der Waals surface area contributed by atoms with E-state index >= 15 is 0 Å². The molecule has 3 aromatic rings. The van der Waals surface area contributed by atoms with Crippen molar-refractivity contribution in [3.63, 3.8) is 0 Å². The Hall–Kier alpha value is -2.58. The van der Waals surface area contributed by atoms with Gasteiger partial charge in [-0.05, 0) is 66.0 Å². The molecule has 1 N–H and O–H groups in total. The molecule has 8 heteroatoms. The number of pyridine rings is 1. The second kappa shape index (κ2) is 10.6. The topological polar surface area (TPSA) is 88.9 Å². The highest BCUT2D eigenvalue weighted by molar-refractivity contribution is 5.81. The van der Waals surface area contributed by atoms with Crippen LogP contribution < -0.4 is 5.56 Å². The average molecular weight is 479 g/mol. The first kappa shape index (κ1) is 24.1. The Kier molecular flexibility index (Phi) is 7.29. The molecule has 8 nitrogen and oxygen atoms in total. The van der Waals surface area contributed by atoms with E-state index in [9.17, 15) is 4.79 Å². The highest BCUT2D eigenvalue weighted by Gasteiger charge is 2.34. The highest BCUT2D eigenvalue weighted by Crippen LogP contribution is 2.34. The fourth-order valence-electron chi connectivity index (χ4n) is 5.96. The van der Waals surface area contributed by atoms with Crippen LogP contribution in [0.2, 0.25) is 0 Å². The molecule has 2 atom stereocenters. The van der Waals surface area contributed by atoms with E-state index in [1.807, 2.05) is 25.1 Å². The minimum atomic E-state index is -0.0291. The maximum Gasteiger partial charge on any atom is 0.252 e. The third kappa shape index (κ3) is 5.19. The molecule has 1 saturated carbocycles. The molecule has 0 radical (unpaired) electrons. The number of tetrazole rings is 1. The zero-order valence-corrected chi connectivity index (χ0v) is 21.2. The van der Waals surface area contributed by atoms with E-state index in [0.29, 0.717) is 12.6 Å². The van der Waals surface area contributed by atoms with Gasteiger partial charge in [0.25, 0.3) is 5.56 Å². The van der Waals surface area contributed by atoms with Crippen LogP contribution in [0.25, 0.3) is 10.9 Å². The van der Waals surface area contributed by atoms with Gasteiger partial charge in [-0.25, -0.2) is 4.68 Å². The molecule has 1 aliphatic carbocycles. The van der Waals surface area contributed by atoms with Crippen LogP contribution in [0.4, 0.5) is 0 Å². The van der Waals surface area contributed by atoms with Crippen LogP contribution in [0.1, 0.15) is 87.8 Å². The normalized spacial score (nSPS) is 20.3. The van der Waals surface area contributed by atoms with Crippen molar-refractivity contribution in [3.05, 3.63) is 51.6 Å². The molecule has 2 aromatic heterocycles. The Labute approximate surface area is 207 Å². The summed E-state index contributed by atoms with van der Waals surface area (Å²) in [5.74, 6) is 1.18. The lowest BCUT2D eigenvalue weighted by Crippen LogP contribution is -2.40. The molecule has 35 heavy (non-hydrogen) atoms. The van der Waals surface area contributed by atoms with Crippen molar-refractivity contribution in [2.24, 2.45) is 5.92 Å². The van der Waals surface area contributed by atoms with Crippen molar-refractivity contribution in [2.45, 2.75) is 90.4 Å². The quantitative estimate of drug-likeness (QED) is 0.505. The lowest BCUT2D eigenvalue weighted by Gasteiger charge is -2.36. The summed E-state index contributed by atoms with van der Waals surface area (Å²) < 4.78 is 8.13. The zero-order valence-electron chi connectivity index (χ0n) is 21.2. The van der Waals surface area contributed by atoms with Gasteiger partial charge in [-0.2, -0.15) is 0 Å². The fourth-order valence-corrected chi connectivity index (χ4v) is 5.96. The largest absolute Gasteiger partial charge is 0.377 e. The van der Waals surface area contributed by atoms with Crippen molar-refractivity contribution < 1.29 is 4.74 Å². The number of fused-ring (bicyclic) bond motifs is 1. The molecule has 1 aromatic carbocycles. The van der Waals surface area contributed by atoms with Gasteiger partial charge in [-0.15, -0.1) is 5.10 Å². The third-order valence-corrected chi connectivity index (χ3v) is 7.73. The lowest BCUT2D eigenvalue weighted by molar-refractivity contribution is 0.0375. The van der Waals surface area contributed by atoms with Crippen LogP contribution in [0, 0.1) is 12.8 Å². The minimum Gasteiger partial charge on any atom is -0.377 e. The van der Waals surface area contributed by atoms with E-state index in [-0.39, 0.29) is 23.6 Å².